The SMILES string of the molecule is CC(=O)N[C@@H]1CN2C(=O)N(c3cc(Cl)cc(Cl)c3)C(=O)[C@@]2(Cc2ccc(Br)cc2)C1. The standard InChI is InChI=1S/C21H18BrCl2N3O3/c1-12(28)25-17-10-21(9-13-2-4-14(22)5-3-13)19(29)27(20(30)26(21)11-17)18-7-15(23)6-16(24)8-18/h2-8,17H,9-11H2,1H3,(H,25,28)/t17-,21+/m0/s1. The molecule has 30 heavy (non-hydrogen) atoms. The fraction of sp³-hybridized carbons (Fsp3) is 0.286. The number of carbonyl (C=O) groups is 3. The quantitative estimate of drug-likeness (QED) is 0.619. The van der Waals surface area contributed by atoms with Gasteiger partial charge in [0.1, 0.15) is 5.54 Å². The zero-order valence-electron chi connectivity index (χ0n) is 16.0. The lowest BCUT2D eigenvalue weighted by Crippen LogP contribution is -2.47. The van der Waals surface area contributed by atoms with Crippen LogP contribution >= 0.6 is 39.1 Å². The summed E-state index contributed by atoms with van der Waals surface area (Å²) in [5, 5.41) is 3.52. The maximum Gasteiger partial charge on any atom is 0.332 e. The van der Waals surface area contributed by atoms with Gasteiger partial charge in [0.2, 0.25) is 5.91 Å². The lowest BCUT2D eigenvalue weighted by atomic mass is 9.87. The molecule has 2 heterocycles. The number of urea groups is 1. The number of rotatable bonds is 4. The van der Waals surface area contributed by atoms with E-state index in [1.54, 1.807) is 23.1 Å². The number of hydrogen-bond donors (Lipinski definition) is 1. The van der Waals surface area contributed by atoms with Gasteiger partial charge in [0, 0.05) is 46.9 Å². The molecule has 0 unspecified atom stereocenters. The van der Waals surface area contributed by atoms with Crippen molar-refractivity contribution in [3.05, 3.63) is 62.5 Å². The minimum absolute atomic E-state index is 0.196. The number of hydrogen-bond acceptors (Lipinski definition) is 3. The summed E-state index contributed by atoms with van der Waals surface area (Å²) in [7, 11) is 0. The number of halogens is 3. The van der Waals surface area contributed by atoms with E-state index in [0.29, 0.717) is 28.6 Å². The molecule has 0 aliphatic carbocycles. The molecule has 2 fully saturated rings. The summed E-state index contributed by atoms with van der Waals surface area (Å²) in [6, 6.07) is 11.5. The van der Waals surface area contributed by atoms with Gasteiger partial charge in [0.05, 0.1) is 5.69 Å². The third-order valence-corrected chi connectivity index (χ3v) is 6.41. The highest BCUT2D eigenvalue weighted by atomic mass is 79.9. The minimum Gasteiger partial charge on any atom is -0.352 e. The van der Waals surface area contributed by atoms with Crippen LogP contribution in [0.4, 0.5) is 10.5 Å². The zero-order chi connectivity index (χ0) is 21.6. The van der Waals surface area contributed by atoms with E-state index in [9.17, 15) is 14.4 Å². The first-order chi connectivity index (χ1) is 14.2. The number of nitrogens with one attached hydrogen (secondary N) is 1. The molecule has 0 saturated carbocycles. The van der Waals surface area contributed by atoms with E-state index in [1.807, 2.05) is 24.3 Å². The number of fused-ring (bicyclic) bond motifs is 1. The monoisotopic (exact) mass is 509 g/mol. The molecule has 2 aliphatic heterocycles. The van der Waals surface area contributed by atoms with Crippen molar-refractivity contribution in [3.8, 4) is 0 Å². The second-order valence-electron chi connectivity index (χ2n) is 7.60. The van der Waals surface area contributed by atoms with Crippen molar-refractivity contribution in [1.29, 1.82) is 0 Å². The highest BCUT2D eigenvalue weighted by Crippen LogP contribution is 2.43. The van der Waals surface area contributed by atoms with Gasteiger partial charge in [-0.1, -0.05) is 51.3 Å². The van der Waals surface area contributed by atoms with Crippen LogP contribution in [0.3, 0.4) is 0 Å². The van der Waals surface area contributed by atoms with Gasteiger partial charge in [-0.15, -0.1) is 0 Å². The normalized spacial score (nSPS) is 23.1. The summed E-state index contributed by atoms with van der Waals surface area (Å²) in [6.45, 7) is 1.68. The van der Waals surface area contributed by atoms with E-state index in [2.05, 4.69) is 21.2 Å². The van der Waals surface area contributed by atoms with Crippen LogP contribution in [0.1, 0.15) is 18.9 Å². The maximum absolute atomic E-state index is 13.7. The Hall–Kier alpha value is -2.09. The van der Waals surface area contributed by atoms with E-state index in [0.717, 1.165) is 14.9 Å². The summed E-state index contributed by atoms with van der Waals surface area (Å²) in [5.74, 6) is -0.542. The van der Waals surface area contributed by atoms with Crippen LogP contribution in [0.15, 0.2) is 46.9 Å². The second-order valence-corrected chi connectivity index (χ2v) is 9.39. The molecule has 2 aromatic rings. The molecule has 0 radical (unpaired) electrons. The molecule has 2 atom stereocenters. The second kappa shape index (κ2) is 7.87. The largest absolute Gasteiger partial charge is 0.352 e. The number of imide groups is 1. The average molecular weight is 511 g/mol. The Bertz CT molecular complexity index is 1030. The number of anilines is 1. The first-order valence-electron chi connectivity index (χ1n) is 9.33. The zero-order valence-corrected chi connectivity index (χ0v) is 19.1. The minimum atomic E-state index is -1.09. The van der Waals surface area contributed by atoms with Gasteiger partial charge in [0.25, 0.3) is 5.91 Å². The van der Waals surface area contributed by atoms with E-state index in [-0.39, 0.29) is 24.4 Å². The van der Waals surface area contributed by atoms with Crippen molar-refractivity contribution in [2.45, 2.75) is 31.3 Å². The Kier molecular flexibility index (Phi) is 5.55. The number of nitrogens with zero attached hydrogens (tertiary/aromatic N) is 2. The third-order valence-electron chi connectivity index (χ3n) is 5.45. The summed E-state index contributed by atoms with van der Waals surface area (Å²) in [5.41, 5.74) is 0.161. The lowest BCUT2D eigenvalue weighted by molar-refractivity contribution is -0.124. The highest BCUT2D eigenvalue weighted by molar-refractivity contribution is 9.10. The van der Waals surface area contributed by atoms with E-state index in [4.69, 9.17) is 23.2 Å². The van der Waals surface area contributed by atoms with Crippen molar-refractivity contribution in [2.24, 2.45) is 0 Å². The van der Waals surface area contributed by atoms with Crippen LogP contribution in [-0.2, 0) is 16.0 Å². The molecular weight excluding hydrogens is 493 g/mol. The van der Waals surface area contributed by atoms with Crippen LogP contribution in [-0.4, -0.2) is 40.9 Å². The Balaban J connectivity index is 1.75. The first kappa shape index (κ1) is 21.2. The molecule has 4 amide bonds. The molecule has 6 nitrogen and oxygen atoms in total. The Labute approximate surface area is 192 Å². The molecule has 2 saturated heterocycles. The molecular formula is C21H18BrCl2N3O3. The average Bonchev–Trinajstić information content (AvgIpc) is 3.09. The fourth-order valence-corrected chi connectivity index (χ4v) is 5.10. The van der Waals surface area contributed by atoms with E-state index in [1.165, 1.54) is 6.92 Å². The summed E-state index contributed by atoms with van der Waals surface area (Å²) >= 11 is 15.6. The van der Waals surface area contributed by atoms with Crippen LogP contribution in [0.5, 0.6) is 0 Å². The van der Waals surface area contributed by atoms with Crippen LogP contribution < -0.4 is 10.2 Å². The highest BCUT2D eigenvalue weighted by Gasteiger charge is 2.62. The van der Waals surface area contributed by atoms with Crippen molar-refractivity contribution >= 4 is 62.7 Å². The maximum atomic E-state index is 13.7. The first-order valence-corrected chi connectivity index (χ1v) is 10.9. The van der Waals surface area contributed by atoms with Gasteiger partial charge in [-0.25, -0.2) is 9.69 Å². The van der Waals surface area contributed by atoms with Crippen molar-refractivity contribution in [1.82, 2.24) is 10.2 Å². The van der Waals surface area contributed by atoms with Gasteiger partial charge in [0.15, 0.2) is 0 Å². The van der Waals surface area contributed by atoms with E-state index < -0.39 is 11.6 Å². The Morgan fingerprint density at radius 3 is 2.40 bits per heavy atom. The molecule has 2 aliphatic rings. The number of amides is 4. The fourth-order valence-electron chi connectivity index (χ4n) is 4.32. The predicted octanol–water partition coefficient (Wildman–Crippen LogP) is 4.41. The lowest BCUT2D eigenvalue weighted by Gasteiger charge is -2.28. The molecule has 1 N–H and O–H groups in total. The third kappa shape index (κ3) is 3.70. The summed E-state index contributed by atoms with van der Waals surface area (Å²) in [4.78, 5) is 41.3. The topological polar surface area (TPSA) is 69.7 Å². The molecule has 0 bridgehead atoms. The van der Waals surface area contributed by atoms with E-state index >= 15 is 0 Å². The van der Waals surface area contributed by atoms with Gasteiger partial charge >= 0.3 is 6.03 Å². The summed E-state index contributed by atoms with van der Waals surface area (Å²) in [6.07, 6.45) is 0.670. The molecule has 0 aromatic heterocycles. The van der Waals surface area contributed by atoms with Crippen molar-refractivity contribution < 1.29 is 14.4 Å². The van der Waals surface area contributed by atoms with Gasteiger partial charge in [-0.3, -0.25) is 9.59 Å². The molecule has 9 heteroatoms. The smallest absolute Gasteiger partial charge is 0.332 e. The number of benzene rings is 2. The Morgan fingerprint density at radius 1 is 1.17 bits per heavy atom. The van der Waals surface area contributed by atoms with Gasteiger partial charge in [-0.2, -0.15) is 0 Å². The van der Waals surface area contributed by atoms with Crippen LogP contribution in [0.25, 0.3) is 0 Å². The van der Waals surface area contributed by atoms with Crippen molar-refractivity contribution in [2.75, 3.05) is 11.4 Å². The van der Waals surface area contributed by atoms with Gasteiger partial charge < -0.3 is 10.2 Å². The molecule has 4 rings (SSSR count). The number of carbonyl (C=O) groups excluding carboxylic acids is 3. The van der Waals surface area contributed by atoms with Crippen LogP contribution in [0, 0.1) is 0 Å². The molecule has 0 spiro atoms. The molecule has 2 aromatic carbocycles. The Morgan fingerprint density at radius 2 is 1.80 bits per heavy atom. The van der Waals surface area contributed by atoms with Gasteiger partial charge in [-0.05, 0) is 35.9 Å². The summed E-state index contributed by atoms with van der Waals surface area (Å²) < 4.78 is 0.923. The predicted molar refractivity (Wildman–Crippen MR) is 119 cm³/mol. The molecule has 156 valence electrons. The van der Waals surface area contributed by atoms with Crippen LogP contribution in [0.2, 0.25) is 10.0 Å². The van der Waals surface area contributed by atoms with Crippen molar-refractivity contribution in [3.63, 3.8) is 0 Å².